The maximum atomic E-state index is 12.8. The summed E-state index contributed by atoms with van der Waals surface area (Å²) in [4.78, 5) is 37.9. The van der Waals surface area contributed by atoms with Crippen molar-refractivity contribution in [3.63, 3.8) is 0 Å². The van der Waals surface area contributed by atoms with Gasteiger partial charge in [0.1, 0.15) is 0 Å². The molecule has 1 aromatic carbocycles. The number of aryl methyl sites for hydroxylation is 1. The van der Waals surface area contributed by atoms with Crippen molar-refractivity contribution in [2.75, 3.05) is 13.1 Å². The van der Waals surface area contributed by atoms with Crippen LogP contribution in [0.2, 0.25) is 0 Å². The van der Waals surface area contributed by atoms with Crippen molar-refractivity contribution in [1.29, 1.82) is 0 Å². The number of piperidine rings is 1. The maximum absolute atomic E-state index is 12.8. The maximum Gasteiger partial charge on any atom is 0.254 e. The van der Waals surface area contributed by atoms with E-state index in [2.05, 4.69) is 0 Å². The fourth-order valence-corrected chi connectivity index (χ4v) is 3.13. The molecule has 1 aliphatic rings. The van der Waals surface area contributed by atoms with Crippen molar-refractivity contribution in [2.24, 2.45) is 18.7 Å². The molecule has 1 aliphatic heterocycles. The Morgan fingerprint density at radius 2 is 1.83 bits per heavy atom. The average Bonchev–Trinajstić information content (AvgIpc) is 2.57. The van der Waals surface area contributed by atoms with E-state index in [0.29, 0.717) is 31.5 Å². The Labute approximate surface area is 133 Å². The Kier molecular flexibility index (Phi) is 3.90. The second kappa shape index (κ2) is 5.87. The standard InChI is InChI=1S/C17H19N3O3/c1-19-14-5-3-2-4-12(14)13(10-15(19)21)17(23)20-8-6-11(7-9-20)16(18)22/h2-5,10-11H,6-9H2,1H3,(H2,18,22). The first-order valence-corrected chi connectivity index (χ1v) is 7.66. The molecule has 0 spiro atoms. The van der Waals surface area contributed by atoms with E-state index in [1.165, 1.54) is 10.6 Å². The number of fused-ring (bicyclic) bond motifs is 1. The summed E-state index contributed by atoms with van der Waals surface area (Å²) < 4.78 is 1.53. The van der Waals surface area contributed by atoms with Gasteiger partial charge in [-0.1, -0.05) is 18.2 Å². The van der Waals surface area contributed by atoms with Crippen molar-refractivity contribution in [3.8, 4) is 0 Å². The van der Waals surface area contributed by atoms with Gasteiger partial charge in [0, 0.05) is 37.5 Å². The van der Waals surface area contributed by atoms with Crippen LogP contribution in [0.25, 0.3) is 10.9 Å². The lowest BCUT2D eigenvalue weighted by Crippen LogP contribution is -2.42. The molecule has 120 valence electrons. The van der Waals surface area contributed by atoms with Crippen LogP contribution in [-0.2, 0) is 11.8 Å². The molecule has 1 saturated heterocycles. The number of primary amides is 1. The number of rotatable bonds is 2. The van der Waals surface area contributed by atoms with Gasteiger partial charge in [0.05, 0.1) is 11.1 Å². The number of hydrogen-bond donors (Lipinski definition) is 1. The van der Waals surface area contributed by atoms with Crippen LogP contribution in [0.1, 0.15) is 23.2 Å². The fourth-order valence-electron chi connectivity index (χ4n) is 3.13. The van der Waals surface area contributed by atoms with Gasteiger partial charge in [0.25, 0.3) is 11.5 Å². The van der Waals surface area contributed by atoms with Crippen LogP contribution >= 0.6 is 0 Å². The third kappa shape index (κ3) is 2.72. The highest BCUT2D eigenvalue weighted by molar-refractivity contribution is 6.06. The molecule has 2 N–H and O–H groups in total. The van der Waals surface area contributed by atoms with E-state index < -0.39 is 0 Å². The zero-order valence-electron chi connectivity index (χ0n) is 13.0. The molecule has 6 heteroatoms. The van der Waals surface area contributed by atoms with Gasteiger partial charge < -0.3 is 15.2 Å². The molecule has 3 rings (SSSR count). The smallest absolute Gasteiger partial charge is 0.254 e. The summed E-state index contributed by atoms with van der Waals surface area (Å²) in [5.74, 6) is -0.641. The lowest BCUT2D eigenvalue weighted by atomic mass is 9.95. The Bertz CT molecular complexity index is 833. The SMILES string of the molecule is Cn1c(=O)cc(C(=O)N2CCC(C(N)=O)CC2)c2ccccc21. The zero-order valence-corrected chi connectivity index (χ0v) is 13.0. The van der Waals surface area contributed by atoms with Gasteiger partial charge in [-0.05, 0) is 18.9 Å². The molecular weight excluding hydrogens is 294 g/mol. The molecule has 1 aromatic heterocycles. The Balaban J connectivity index is 1.95. The lowest BCUT2D eigenvalue weighted by Gasteiger charge is -2.31. The molecule has 0 saturated carbocycles. The minimum Gasteiger partial charge on any atom is -0.369 e. The number of nitrogens with zero attached hydrogens (tertiary/aromatic N) is 2. The number of nitrogens with two attached hydrogens (primary N) is 1. The highest BCUT2D eigenvalue weighted by atomic mass is 16.2. The number of benzene rings is 1. The summed E-state index contributed by atoms with van der Waals surface area (Å²) in [6.07, 6.45) is 1.15. The van der Waals surface area contributed by atoms with Gasteiger partial charge in [-0.3, -0.25) is 14.4 Å². The molecule has 2 heterocycles. The van der Waals surface area contributed by atoms with Gasteiger partial charge in [0.2, 0.25) is 5.91 Å². The quantitative estimate of drug-likeness (QED) is 0.893. The number of carbonyl (C=O) groups excluding carboxylic acids is 2. The van der Waals surface area contributed by atoms with E-state index in [0.717, 1.165) is 10.9 Å². The molecule has 23 heavy (non-hydrogen) atoms. The molecule has 0 bridgehead atoms. The minimum absolute atomic E-state index is 0.165. The first-order valence-electron chi connectivity index (χ1n) is 7.66. The average molecular weight is 313 g/mol. The molecule has 0 aliphatic carbocycles. The van der Waals surface area contributed by atoms with Crippen LogP contribution in [0.3, 0.4) is 0 Å². The summed E-state index contributed by atoms with van der Waals surface area (Å²) in [6, 6.07) is 8.76. The zero-order chi connectivity index (χ0) is 16.6. The van der Waals surface area contributed by atoms with Crippen molar-refractivity contribution in [2.45, 2.75) is 12.8 Å². The van der Waals surface area contributed by atoms with E-state index in [-0.39, 0.29) is 23.3 Å². The van der Waals surface area contributed by atoms with E-state index in [4.69, 9.17) is 5.73 Å². The van der Waals surface area contributed by atoms with Gasteiger partial charge in [-0.15, -0.1) is 0 Å². The minimum atomic E-state index is -0.309. The van der Waals surface area contributed by atoms with Gasteiger partial charge in [0.15, 0.2) is 0 Å². The van der Waals surface area contributed by atoms with Crippen LogP contribution in [0.5, 0.6) is 0 Å². The second-order valence-corrected chi connectivity index (χ2v) is 5.94. The van der Waals surface area contributed by atoms with Crippen molar-refractivity contribution < 1.29 is 9.59 Å². The monoisotopic (exact) mass is 313 g/mol. The Morgan fingerprint density at radius 3 is 2.48 bits per heavy atom. The predicted molar refractivity (Wildman–Crippen MR) is 87.0 cm³/mol. The van der Waals surface area contributed by atoms with Crippen molar-refractivity contribution >= 4 is 22.7 Å². The van der Waals surface area contributed by atoms with Crippen LogP contribution in [0.15, 0.2) is 35.1 Å². The highest BCUT2D eigenvalue weighted by Crippen LogP contribution is 2.22. The number of para-hydroxylation sites is 1. The van der Waals surface area contributed by atoms with Gasteiger partial charge >= 0.3 is 0 Å². The summed E-state index contributed by atoms with van der Waals surface area (Å²) in [5, 5.41) is 0.761. The number of carbonyl (C=O) groups is 2. The summed E-state index contributed by atoms with van der Waals surface area (Å²) in [6.45, 7) is 0.964. The largest absolute Gasteiger partial charge is 0.369 e. The molecule has 0 unspecified atom stereocenters. The molecular formula is C17H19N3O3. The highest BCUT2D eigenvalue weighted by Gasteiger charge is 2.27. The number of amides is 2. The first-order chi connectivity index (χ1) is 11.0. The topological polar surface area (TPSA) is 85.4 Å². The Morgan fingerprint density at radius 1 is 1.17 bits per heavy atom. The number of likely N-dealkylation sites (tertiary alicyclic amines) is 1. The second-order valence-electron chi connectivity index (χ2n) is 5.94. The normalized spacial score (nSPS) is 15.8. The fraction of sp³-hybridized carbons (Fsp3) is 0.353. The van der Waals surface area contributed by atoms with Crippen LogP contribution in [0, 0.1) is 5.92 Å². The molecule has 0 atom stereocenters. The summed E-state index contributed by atoms with van der Waals surface area (Å²) in [7, 11) is 1.69. The number of hydrogen-bond acceptors (Lipinski definition) is 3. The molecule has 2 aromatic rings. The van der Waals surface area contributed by atoms with Gasteiger partial charge in [-0.2, -0.15) is 0 Å². The molecule has 1 fully saturated rings. The summed E-state index contributed by atoms with van der Waals surface area (Å²) >= 11 is 0. The number of aromatic nitrogens is 1. The van der Waals surface area contributed by atoms with Crippen LogP contribution in [-0.4, -0.2) is 34.4 Å². The van der Waals surface area contributed by atoms with Crippen molar-refractivity contribution in [1.82, 2.24) is 9.47 Å². The van der Waals surface area contributed by atoms with Crippen LogP contribution < -0.4 is 11.3 Å². The summed E-state index contributed by atoms with van der Waals surface area (Å²) in [5.41, 5.74) is 6.26. The first kappa shape index (κ1) is 15.3. The predicted octanol–water partition coefficient (Wildman–Crippen LogP) is 0.876. The van der Waals surface area contributed by atoms with Crippen molar-refractivity contribution in [3.05, 3.63) is 46.2 Å². The Hall–Kier alpha value is -2.63. The van der Waals surface area contributed by atoms with E-state index >= 15 is 0 Å². The van der Waals surface area contributed by atoms with E-state index in [9.17, 15) is 14.4 Å². The lowest BCUT2D eigenvalue weighted by molar-refractivity contribution is -0.123. The van der Waals surface area contributed by atoms with E-state index in [1.807, 2.05) is 24.3 Å². The molecule has 0 radical (unpaired) electrons. The third-order valence-electron chi connectivity index (χ3n) is 4.57. The third-order valence-corrected chi connectivity index (χ3v) is 4.57. The van der Waals surface area contributed by atoms with E-state index in [1.54, 1.807) is 11.9 Å². The van der Waals surface area contributed by atoms with Gasteiger partial charge in [-0.25, -0.2) is 0 Å². The number of pyridine rings is 1. The molecule has 6 nitrogen and oxygen atoms in total. The molecule has 2 amide bonds. The van der Waals surface area contributed by atoms with Crippen LogP contribution in [0.4, 0.5) is 0 Å².